The molecule has 1 aliphatic heterocycles. The van der Waals surface area contributed by atoms with Gasteiger partial charge < -0.3 is 15.8 Å². The lowest BCUT2D eigenvalue weighted by Crippen LogP contribution is -2.47. The van der Waals surface area contributed by atoms with E-state index in [1.54, 1.807) is 0 Å². The van der Waals surface area contributed by atoms with Crippen LogP contribution in [-0.2, 0) is 11.3 Å². The first kappa shape index (κ1) is 17.3. The average Bonchev–Trinajstić information content (AvgIpc) is 2.95. The predicted octanol–water partition coefficient (Wildman–Crippen LogP) is 2.79. The zero-order valence-electron chi connectivity index (χ0n) is 12.8. The van der Waals surface area contributed by atoms with Crippen LogP contribution in [0.25, 0.3) is 0 Å². The van der Waals surface area contributed by atoms with Gasteiger partial charge in [-0.2, -0.15) is 0 Å². The van der Waals surface area contributed by atoms with Crippen molar-refractivity contribution in [3.63, 3.8) is 0 Å². The van der Waals surface area contributed by atoms with E-state index in [9.17, 15) is 4.79 Å². The second-order valence-corrected chi connectivity index (χ2v) is 6.30. The normalized spacial score (nSPS) is 23.0. The lowest BCUT2D eigenvalue weighted by atomic mass is 9.89. The van der Waals surface area contributed by atoms with Crippen molar-refractivity contribution in [2.24, 2.45) is 5.73 Å². The average molecular weight is 325 g/mol. The van der Waals surface area contributed by atoms with Crippen molar-refractivity contribution < 1.29 is 9.53 Å². The summed E-state index contributed by atoms with van der Waals surface area (Å²) in [6.45, 7) is 1.27. The van der Waals surface area contributed by atoms with E-state index in [0.717, 1.165) is 37.9 Å². The molecule has 5 heteroatoms. The SMILES string of the molecule is Cl.NCc1ccc(C(=O)NC2CCOC3(CCCC3)C2)cc1. The van der Waals surface area contributed by atoms with Gasteiger partial charge in [0.05, 0.1) is 5.60 Å². The molecule has 1 unspecified atom stereocenters. The monoisotopic (exact) mass is 324 g/mol. The molecule has 2 fully saturated rings. The highest BCUT2D eigenvalue weighted by atomic mass is 35.5. The highest BCUT2D eigenvalue weighted by Gasteiger charge is 2.40. The van der Waals surface area contributed by atoms with E-state index < -0.39 is 0 Å². The minimum Gasteiger partial charge on any atom is -0.375 e. The number of hydrogen-bond acceptors (Lipinski definition) is 3. The van der Waals surface area contributed by atoms with E-state index in [4.69, 9.17) is 10.5 Å². The second-order valence-electron chi connectivity index (χ2n) is 6.30. The lowest BCUT2D eigenvalue weighted by molar-refractivity contribution is -0.0823. The van der Waals surface area contributed by atoms with Gasteiger partial charge in [-0.15, -0.1) is 12.4 Å². The molecule has 3 rings (SSSR count). The minimum atomic E-state index is 0. The van der Waals surface area contributed by atoms with Crippen LogP contribution in [0.5, 0.6) is 0 Å². The maximum absolute atomic E-state index is 12.3. The maximum atomic E-state index is 12.3. The van der Waals surface area contributed by atoms with Crippen molar-refractivity contribution in [3.8, 4) is 0 Å². The van der Waals surface area contributed by atoms with Gasteiger partial charge in [0.1, 0.15) is 0 Å². The number of hydrogen-bond donors (Lipinski definition) is 2. The summed E-state index contributed by atoms with van der Waals surface area (Å²) in [5.41, 5.74) is 7.37. The molecule has 1 atom stereocenters. The largest absolute Gasteiger partial charge is 0.375 e. The molecule has 1 aromatic rings. The summed E-state index contributed by atoms with van der Waals surface area (Å²) in [5.74, 6) is 0.0126. The summed E-state index contributed by atoms with van der Waals surface area (Å²) in [6, 6.07) is 7.76. The third-order valence-corrected chi connectivity index (χ3v) is 4.79. The number of nitrogens with two attached hydrogens (primary N) is 1. The summed E-state index contributed by atoms with van der Waals surface area (Å²) in [5, 5.41) is 3.17. The number of ether oxygens (including phenoxy) is 1. The highest BCUT2D eigenvalue weighted by Crippen LogP contribution is 2.39. The van der Waals surface area contributed by atoms with Crippen LogP contribution in [-0.4, -0.2) is 24.2 Å². The first-order valence-electron chi connectivity index (χ1n) is 7.95. The fourth-order valence-corrected chi connectivity index (χ4v) is 3.58. The van der Waals surface area contributed by atoms with Crippen LogP contribution in [0, 0.1) is 0 Å². The Labute approximate surface area is 138 Å². The van der Waals surface area contributed by atoms with Gasteiger partial charge in [-0.3, -0.25) is 4.79 Å². The molecule has 1 saturated heterocycles. The molecule has 1 spiro atoms. The molecule has 1 aliphatic carbocycles. The van der Waals surface area contributed by atoms with Crippen LogP contribution in [0.2, 0.25) is 0 Å². The summed E-state index contributed by atoms with van der Waals surface area (Å²) >= 11 is 0. The van der Waals surface area contributed by atoms with Crippen molar-refractivity contribution in [2.45, 2.75) is 56.7 Å². The quantitative estimate of drug-likeness (QED) is 0.898. The summed E-state index contributed by atoms with van der Waals surface area (Å²) in [7, 11) is 0. The van der Waals surface area contributed by atoms with E-state index in [2.05, 4.69) is 5.32 Å². The Bertz CT molecular complexity index is 498. The van der Waals surface area contributed by atoms with E-state index in [-0.39, 0.29) is 30.0 Å². The highest BCUT2D eigenvalue weighted by molar-refractivity contribution is 5.94. The Morgan fingerprint density at radius 2 is 1.95 bits per heavy atom. The van der Waals surface area contributed by atoms with Gasteiger partial charge in [0.25, 0.3) is 5.91 Å². The van der Waals surface area contributed by atoms with E-state index >= 15 is 0 Å². The van der Waals surface area contributed by atoms with Crippen LogP contribution in [0.4, 0.5) is 0 Å². The number of carbonyl (C=O) groups is 1. The molecule has 1 heterocycles. The molecule has 122 valence electrons. The third kappa shape index (κ3) is 3.80. The van der Waals surface area contributed by atoms with Gasteiger partial charge in [-0.1, -0.05) is 25.0 Å². The topological polar surface area (TPSA) is 64.4 Å². The molecule has 1 aromatic carbocycles. The molecule has 0 bridgehead atoms. The molecule has 22 heavy (non-hydrogen) atoms. The molecular weight excluding hydrogens is 300 g/mol. The number of carbonyl (C=O) groups excluding carboxylic acids is 1. The van der Waals surface area contributed by atoms with E-state index in [1.165, 1.54) is 12.8 Å². The Balaban J connectivity index is 0.00000176. The Morgan fingerprint density at radius 3 is 2.59 bits per heavy atom. The fourth-order valence-electron chi connectivity index (χ4n) is 3.58. The van der Waals surface area contributed by atoms with Crippen LogP contribution in [0.3, 0.4) is 0 Å². The molecule has 4 nitrogen and oxygen atoms in total. The lowest BCUT2D eigenvalue weighted by Gasteiger charge is -2.38. The summed E-state index contributed by atoms with van der Waals surface area (Å²) in [4.78, 5) is 12.3. The summed E-state index contributed by atoms with van der Waals surface area (Å²) in [6.07, 6.45) is 6.66. The first-order chi connectivity index (χ1) is 10.2. The zero-order valence-corrected chi connectivity index (χ0v) is 13.7. The fraction of sp³-hybridized carbons (Fsp3) is 0.588. The van der Waals surface area contributed by atoms with Crippen molar-refractivity contribution in [3.05, 3.63) is 35.4 Å². The van der Waals surface area contributed by atoms with E-state index in [0.29, 0.717) is 12.1 Å². The Hall–Kier alpha value is -1.10. The first-order valence-corrected chi connectivity index (χ1v) is 7.95. The van der Waals surface area contributed by atoms with Crippen LogP contribution >= 0.6 is 12.4 Å². The number of halogens is 1. The maximum Gasteiger partial charge on any atom is 0.251 e. The van der Waals surface area contributed by atoms with Gasteiger partial charge in [-0.25, -0.2) is 0 Å². The van der Waals surface area contributed by atoms with Gasteiger partial charge in [-0.05, 0) is 43.4 Å². The number of rotatable bonds is 3. The van der Waals surface area contributed by atoms with Crippen molar-refractivity contribution >= 4 is 18.3 Å². The molecule has 0 radical (unpaired) electrons. The van der Waals surface area contributed by atoms with E-state index in [1.807, 2.05) is 24.3 Å². The molecular formula is C17H25ClN2O2. The predicted molar refractivity (Wildman–Crippen MR) is 89.2 cm³/mol. The zero-order chi connectivity index (χ0) is 14.7. The second kappa shape index (κ2) is 7.44. The van der Waals surface area contributed by atoms with Crippen LogP contribution in [0.15, 0.2) is 24.3 Å². The number of nitrogens with one attached hydrogen (secondary N) is 1. The number of amides is 1. The Morgan fingerprint density at radius 1 is 1.27 bits per heavy atom. The molecule has 0 aromatic heterocycles. The van der Waals surface area contributed by atoms with Crippen LogP contribution in [0.1, 0.15) is 54.4 Å². The van der Waals surface area contributed by atoms with Gasteiger partial charge in [0, 0.05) is 24.8 Å². The third-order valence-electron chi connectivity index (χ3n) is 4.79. The van der Waals surface area contributed by atoms with Crippen molar-refractivity contribution in [1.29, 1.82) is 0 Å². The Kier molecular flexibility index (Phi) is 5.84. The van der Waals surface area contributed by atoms with Gasteiger partial charge in [0.15, 0.2) is 0 Å². The smallest absolute Gasteiger partial charge is 0.251 e. The van der Waals surface area contributed by atoms with Crippen molar-refractivity contribution in [1.82, 2.24) is 5.32 Å². The molecule has 1 amide bonds. The van der Waals surface area contributed by atoms with Gasteiger partial charge in [0.2, 0.25) is 0 Å². The molecule has 2 aliphatic rings. The minimum absolute atomic E-state index is 0. The number of benzene rings is 1. The van der Waals surface area contributed by atoms with Gasteiger partial charge >= 0.3 is 0 Å². The van der Waals surface area contributed by atoms with Crippen LogP contribution < -0.4 is 11.1 Å². The molecule has 3 N–H and O–H groups in total. The standard InChI is InChI=1S/C17H24N2O2.ClH/c18-12-13-3-5-14(6-4-13)16(20)19-15-7-10-21-17(11-15)8-1-2-9-17;/h3-6,15H,1-2,7-12,18H2,(H,19,20);1H. The molecule has 1 saturated carbocycles. The summed E-state index contributed by atoms with van der Waals surface area (Å²) < 4.78 is 6.01. The van der Waals surface area contributed by atoms with Crippen molar-refractivity contribution in [2.75, 3.05) is 6.61 Å².